The minimum atomic E-state index is 0.125. The highest BCUT2D eigenvalue weighted by atomic mass is 16.5. The van der Waals surface area contributed by atoms with E-state index in [0.717, 1.165) is 49.6 Å². The molecular formula is C18H21N3O2. The SMILES string of the molecule is O=C(c1ccccc1)N1CCCC(Cc2nc(C3CC3)no2)C1. The molecule has 5 nitrogen and oxygen atoms in total. The molecule has 0 spiro atoms. The number of benzene rings is 1. The molecule has 1 unspecified atom stereocenters. The number of aromatic nitrogens is 2. The van der Waals surface area contributed by atoms with Crippen molar-refractivity contribution in [1.82, 2.24) is 15.0 Å². The Bertz CT molecular complexity index is 679. The Morgan fingerprint density at radius 3 is 2.83 bits per heavy atom. The molecule has 2 fully saturated rings. The van der Waals surface area contributed by atoms with Gasteiger partial charge < -0.3 is 9.42 Å². The molecule has 0 radical (unpaired) electrons. The maximum Gasteiger partial charge on any atom is 0.253 e. The molecule has 1 atom stereocenters. The van der Waals surface area contributed by atoms with Crippen molar-refractivity contribution in [2.24, 2.45) is 5.92 Å². The van der Waals surface area contributed by atoms with E-state index < -0.39 is 0 Å². The largest absolute Gasteiger partial charge is 0.339 e. The van der Waals surface area contributed by atoms with Gasteiger partial charge in [0.25, 0.3) is 5.91 Å². The van der Waals surface area contributed by atoms with Crippen LogP contribution < -0.4 is 0 Å². The van der Waals surface area contributed by atoms with Gasteiger partial charge in [0.2, 0.25) is 5.89 Å². The summed E-state index contributed by atoms with van der Waals surface area (Å²) < 4.78 is 5.38. The lowest BCUT2D eigenvalue weighted by Crippen LogP contribution is -2.40. The van der Waals surface area contributed by atoms with Crippen LogP contribution in [0.5, 0.6) is 0 Å². The second-order valence-corrected chi connectivity index (χ2v) is 6.65. The van der Waals surface area contributed by atoms with E-state index in [1.54, 1.807) is 0 Å². The molecule has 1 saturated heterocycles. The average Bonchev–Trinajstić information content (AvgIpc) is 3.35. The Hall–Kier alpha value is -2.17. The molecule has 1 aliphatic carbocycles. The van der Waals surface area contributed by atoms with Crippen LogP contribution >= 0.6 is 0 Å². The van der Waals surface area contributed by atoms with Gasteiger partial charge in [-0.05, 0) is 43.7 Å². The Balaban J connectivity index is 1.39. The van der Waals surface area contributed by atoms with Crippen LogP contribution in [-0.2, 0) is 6.42 Å². The number of rotatable bonds is 4. The zero-order chi connectivity index (χ0) is 15.6. The van der Waals surface area contributed by atoms with E-state index in [-0.39, 0.29) is 5.91 Å². The zero-order valence-electron chi connectivity index (χ0n) is 13.1. The topological polar surface area (TPSA) is 59.2 Å². The summed E-state index contributed by atoms with van der Waals surface area (Å²) in [4.78, 5) is 19.0. The van der Waals surface area contributed by atoms with Crippen LogP contribution in [0.1, 0.15) is 53.7 Å². The average molecular weight is 311 g/mol. The number of amides is 1. The van der Waals surface area contributed by atoms with Crippen molar-refractivity contribution in [3.63, 3.8) is 0 Å². The minimum absolute atomic E-state index is 0.125. The third kappa shape index (κ3) is 3.28. The van der Waals surface area contributed by atoms with E-state index in [1.165, 1.54) is 12.8 Å². The maximum atomic E-state index is 12.6. The molecule has 2 aliphatic rings. The number of carbonyl (C=O) groups excluding carboxylic acids is 1. The van der Waals surface area contributed by atoms with E-state index in [0.29, 0.717) is 11.8 Å². The van der Waals surface area contributed by atoms with E-state index in [9.17, 15) is 4.79 Å². The first-order valence-electron chi connectivity index (χ1n) is 8.46. The number of nitrogens with zero attached hydrogens (tertiary/aromatic N) is 3. The summed E-state index contributed by atoms with van der Waals surface area (Å²) in [6.45, 7) is 1.61. The van der Waals surface area contributed by atoms with Crippen molar-refractivity contribution in [2.75, 3.05) is 13.1 Å². The van der Waals surface area contributed by atoms with Gasteiger partial charge in [-0.25, -0.2) is 0 Å². The van der Waals surface area contributed by atoms with Crippen LogP contribution in [0.15, 0.2) is 34.9 Å². The Morgan fingerprint density at radius 1 is 1.22 bits per heavy atom. The summed E-state index contributed by atoms with van der Waals surface area (Å²) in [6.07, 6.45) is 5.29. The highest BCUT2D eigenvalue weighted by Gasteiger charge is 2.30. The summed E-state index contributed by atoms with van der Waals surface area (Å²) in [5, 5.41) is 4.08. The lowest BCUT2D eigenvalue weighted by Gasteiger charge is -2.32. The third-order valence-electron chi connectivity index (χ3n) is 4.72. The Kier molecular flexibility index (Phi) is 3.85. The molecule has 1 aromatic heterocycles. The van der Waals surface area contributed by atoms with Gasteiger partial charge >= 0.3 is 0 Å². The van der Waals surface area contributed by atoms with E-state index in [4.69, 9.17) is 4.52 Å². The molecule has 4 rings (SSSR count). The first-order valence-corrected chi connectivity index (χ1v) is 8.46. The summed E-state index contributed by atoms with van der Waals surface area (Å²) in [6, 6.07) is 9.51. The molecule has 120 valence electrons. The fourth-order valence-electron chi connectivity index (χ4n) is 3.28. The van der Waals surface area contributed by atoms with Crippen molar-refractivity contribution in [3.05, 3.63) is 47.6 Å². The van der Waals surface area contributed by atoms with Crippen LogP contribution in [0.25, 0.3) is 0 Å². The fourth-order valence-corrected chi connectivity index (χ4v) is 3.28. The molecule has 1 amide bonds. The molecule has 2 heterocycles. The van der Waals surface area contributed by atoms with Crippen LogP contribution in [-0.4, -0.2) is 34.0 Å². The molecule has 1 saturated carbocycles. The monoisotopic (exact) mass is 311 g/mol. The molecule has 0 bridgehead atoms. The highest BCUT2D eigenvalue weighted by molar-refractivity contribution is 5.94. The highest BCUT2D eigenvalue weighted by Crippen LogP contribution is 2.38. The lowest BCUT2D eigenvalue weighted by atomic mass is 9.94. The van der Waals surface area contributed by atoms with E-state index in [1.807, 2.05) is 35.2 Å². The summed E-state index contributed by atoms with van der Waals surface area (Å²) >= 11 is 0. The van der Waals surface area contributed by atoms with Crippen LogP contribution in [0.3, 0.4) is 0 Å². The van der Waals surface area contributed by atoms with Gasteiger partial charge in [0.15, 0.2) is 5.82 Å². The lowest BCUT2D eigenvalue weighted by molar-refractivity contribution is 0.0668. The smallest absolute Gasteiger partial charge is 0.253 e. The van der Waals surface area contributed by atoms with Gasteiger partial charge in [0.05, 0.1) is 0 Å². The Morgan fingerprint density at radius 2 is 2.04 bits per heavy atom. The fraction of sp³-hybridized carbons (Fsp3) is 0.500. The number of hydrogen-bond acceptors (Lipinski definition) is 4. The molecule has 23 heavy (non-hydrogen) atoms. The maximum absolute atomic E-state index is 12.6. The minimum Gasteiger partial charge on any atom is -0.339 e. The van der Waals surface area contributed by atoms with Gasteiger partial charge in [-0.1, -0.05) is 23.4 Å². The quantitative estimate of drug-likeness (QED) is 0.871. The summed E-state index contributed by atoms with van der Waals surface area (Å²) in [5.74, 6) is 2.65. The van der Waals surface area contributed by atoms with E-state index in [2.05, 4.69) is 10.1 Å². The van der Waals surface area contributed by atoms with Gasteiger partial charge in [-0.2, -0.15) is 4.98 Å². The van der Waals surface area contributed by atoms with Crippen molar-refractivity contribution in [2.45, 2.75) is 38.0 Å². The predicted molar refractivity (Wildman–Crippen MR) is 85.0 cm³/mol. The number of hydrogen-bond donors (Lipinski definition) is 0. The van der Waals surface area contributed by atoms with Gasteiger partial charge in [0.1, 0.15) is 0 Å². The van der Waals surface area contributed by atoms with Crippen molar-refractivity contribution >= 4 is 5.91 Å². The van der Waals surface area contributed by atoms with Crippen LogP contribution in [0, 0.1) is 5.92 Å². The zero-order valence-corrected chi connectivity index (χ0v) is 13.1. The molecule has 0 N–H and O–H groups in total. The van der Waals surface area contributed by atoms with Gasteiger partial charge in [-0.3, -0.25) is 4.79 Å². The number of piperidine rings is 1. The van der Waals surface area contributed by atoms with Crippen LogP contribution in [0.4, 0.5) is 0 Å². The van der Waals surface area contributed by atoms with E-state index >= 15 is 0 Å². The normalized spacial score (nSPS) is 21.4. The molecule has 5 heteroatoms. The number of likely N-dealkylation sites (tertiary alicyclic amines) is 1. The third-order valence-corrected chi connectivity index (χ3v) is 4.72. The van der Waals surface area contributed by atoms with Gasteiger partial charge in [-0.15, -0.1) is 0 Å². The molecule has 1 aromatic carbocycles. The summed E-state index contributed by atoms with van der Waals surface area (Å²) in [5.41, 5.74) is 0.766. The molecule has 1 aliphatic heterocycles. The predicted octanol–water partition coefficient (Wildman–Crippen LogP) is 3.04. The summed E-state index contributed by atoms with van der Waals surface area (Å²) in [7, 11) is 0. The van der Waals surface area contributed by atoms with Crippen molar-refractivity contribution < 1.29 is 9.32 Å². The molecular weight excluding hydrogens is 290 g/mol. The Labute approximate surface area is 135 Å². The van der Waals surface area contributed by atoms with Gasteiger partial charge in [0, 0.05) is 31.0 Å². The second-order valence-electron chi connectivity index (χ2n) is 6.65. The second kappa shape index (κ2) is 6.14. The molecule has 2 aromatic rings. The number of carbonyl (C=O) groups is 1. The van der Waals surface area contributed by atoms with Crippen LogP contribution in [0.2, 0.25) is 0 Å². The standard InChI is InChI=1S/C18H21N3O2/c22-18(15-6-2-1-3-7-15)21-10-4-5-13(12-21)11-16-19-17(20-23-16)14-8-9-14/h1-3,6-7,13-14H,4-5,8-12H2. The van der Waals surface area contributed by atoms with Crippen molar-refractivity contribution in [1.29, 1.82) is 0 Å². The van der Waals surface area contributed by atoms with Crippen molar-refractivity contribution in [3.8, 4) is 0 Å². The first-order chi connectivity index (χ1) is 11.3. The first kappa shape index (κ1) is 14.4.